The molecule has 0 aliphatic rings. The van der Waals surface area contributed by atoms with Gasteiger partial charge in [0, 0.05) is 35.4 Å². The Morgan fingerprint density at radius 3 is 2.76 bits per heavy atom. The molecule has 1 N–H and O–H groups in total. The Kier molecular flexibility index (Phi) is 3.93. The van der Waals surface area contributed by atoms with Crippen molar-refractivity contribution in [2.45, 2.75) is 19.4 Å². The minimum absolute atomic E-state index is 0.255. The molecule has 3 rings (SSSR count). The Hall–Kier alpha value is -2.26. The van der Waals surface area contributed by atoms with Gasteiger partial charge < -0.3 is 5.32 Å². The monoisotopic (exact) mass is 277 g/mol. The van der Waals surface area contributed by atoms with Gasteiger partial charge in [-0.25, -0.2) is 0 Å². The zero-order chi connectivity index (χ0) is 14.7. The van der Waals surface area contributed by atoms with Crippen LogP contribution in [0.25, 0.3) is 10.9 Å². The zero-order valence-corrected chi connectivity index (χ0v) is 12.4. The molecule has 0 spiro atoms. The molecule has 0 saturated carbocycles. The number of pyridine rings is 2. The fourth-order valence-corrected chi connectivity index (χ4v) is 2.58. The summed E-state index contributed by atoms with van der Waals surface area (Å²) in [7, 11) is 1.99. The highest BCUT2D eigenvalue weighted by atomic mass is 14.9. The van der Waals surface area contributed by atoms with Gasteiger partial charge in [0.05, 0.1) is 5.52 Å². The first-order valence-corrected chi connectivity index (χ1v) is 7.21. The Labute approximate surface area is 125 Å². The summed E-state index contributed by atoms with van der Waals surface area (Å²) in [6.45, 7) is 2.02. The predicted molar refractivity (Wildman–Crippen MR) is 86.2 cm³/mol. The van der Waals surface area contributed by atoms with Crippen molar-refractivity contribution in [3.63, 3.8) is 0 Å². The lowest BCUT2D eigenvalue weighted by Crippen LogP contribution is -2.19. The first kappa shape index (κ1) is 13.7. The van der Waals surface area contributed by atoms with Gasteiger partial charge in [-0.2, -0.15) is 0 Å². The molecule has 2 aromatic heterocycles. The quantitative estimate of drug-likeness (QED) is 0.794. The molecule has 0 amide bonds. The Morgan fingerprint density at radius 1 is 1.10 bits per heavy atom. The standard InChI is InChI=1S/C18H19N3/c1-13-6-7-14-11-15(8-9-17(14)21-13)18(19-2)12-16-5-3-4-10-20-16/h3-11,18-19H,12H2,1-2H3. The number of fused-ring (bicyclic) bond motifs is 1. The third-order valence-electron chi connectivity index (χ3n) is 3.74. The van der Waals surface area contributed by atoms with E-state index in [9.17, 15) is 0 Å². The van der Waals surface area contributed by atoms with Crippen molar-refractivity contribution in [1.29, 1.82) is 0 Å². The van der Waals surface area contributed by atoms with Crippen molar-refractivity contribution < 1.29 is 0 Å². The van der Waals surface area contributed by atoms with Crippen LogP contribution in [-0.2, 0) is 6.42 Å². The lowest BCUT2D eigenvalue weighted by Gasteiger charge is -2.17. The van der Waals surface area contributed by atoms with Gasteiger partial charge in [-0.1, -0.05) is 18.2 Å². The summed E-state index contributed by atoms with van der Waals surface area (Å²) in [6, 6.07) is 16.9. The number of nitrogens with zero attached hydrogens (tertiary/aromatic N) is 2. The van der Waals surface area contributed by atoms with Crippen molar-refractivity contribution in [3.8, 4) is 0 Å². The largest absolute Gasteiger partial charge is 0.313 e. The Balaban J connectivity index is 1.91. The first-order chi connectivity index (χ1) is 10.3. The molecule has 3 aromatic rings. The zero-order valence-electron chi connectivity index (χ0n) is 12.4. The van der Waals surface area contributed by atoms with E-state index < -0.39 is 0 Å². The number of hydrogen-bond acceptors (Lipinski definition) is 3. The summed E-state index contributed by atoms with van der Waals surface area (Å²) in [5.41, 5.74) is 4.46. The van der Waals surface area contributed by atoms with Crippen LogP contribution in [0.3, 0.4) is 0 Å². The molecule has 0 radical (unpaired) electrons. The van der Waals surface area contributed by atoms with Crippen molar-refractivity contribution >= 4 is 10.9 Å². The van der Waals surface area contributed by atoms with E-state index in [1.165, 1.54) is 10.9 Å². The fraction of sp³-hybridized carbons (Fsp3) is 0.222. The minimum atomic E-state index is 0.255. The van der Waals surface area contributed by atoms with Gasteiger partial charge in [-0.3, -0.25) is 9.97 Å². The number of benzene rings is 1. The molecule has 1 aromatic carbocycles. The molecule has 1 atom stereocenters. The summed E-state index contributed by atoms with van der Waals surface area (Å²) in [6.07, 6.45) is 2.72. The molecule has 1 unspecified atom stereocenters. The molecular weight excluding hydrogens is 258 g/mol. The highest BCUT2D eigenvalue weighted by Gasteiger charge is 2.11. The van der Waals surface area contributed by atoms with Gasteiger partial charge >= 0.3 is 0 Å². The van der Waals surface area contributed by atoms with Crippen molar-refractivity contribution in [1.82, 2.24) is 15.3 Å². The van der Waals surface area contributed by atoms with E-state index in [4.69, 9.17) is 0 Å². The second kappa shape index (κ2) is 6.02. The number of hydrogen-bond donors (Lipinski definition) is 1. The second-order valence-electron chi connectivity index (χ2n) is 5.27. The molecule has 21 heavy (non-hydrogen) atoms. The number of aryl methyl sites for hydroxylation is 1. The van der Waals surface area contributed by atoms with Crippen LogP contribution < -0.4 is 5.32 Å². The molecule has 3 nitrogen and oxygen atoms in total. The third-order valence-corrected chi connectivity index (χ3v) is 3.74. The van der Waals surface area contributed by atoms with Gasteiger partial charge in [0.2, 0.25) is 0 Å². The van der Waals surface area contributed by atoms with Gasteiger partial charge in [-0.05, 0) is 49.9 Å². The van der Waals surface area contributed by atoms with E-state index in [0.717, 1.165) is 23.3 Å². The maximum atomic E-state index is 4.55. The van der Waals surface area contributed by atoms with Gasteiger partial charge in [0.1, 0.15) is 0 Å². The van der Waals surface area contributed by atoms with E-state index in [2.05, 4.69) is 51.7 Å². The molecule has 106 valence electrons. The van der Waals surface area contributed by atoms with E-state index >= 15 is 0 Å². The van der Waals surface area contributed by atoms with E-state index in [0.29, 0.717) is 0 Å². The van der Waals surface area contributed by atoms with Crippen LogP contribution >= 0.6 is 0 Å². The summed E-state index contributed by atoms with van der Waals surface area (Å²) in [5.74, 6) is 0. The van der Waals surface area contributed by atoms with Crippen LogP contribution in [0.2, 0.25) is 0 Å². The number of likely N-dealkylation sites (N-methyl/N-ethyl adjacent to an activating group) is 1. The summed E-state index contributed by atoms with van der Waals surface area (Å²) < 4.78 is 0. The van der Waals surface area contributed by atoms with Crippen LogP contribution in [0.4, 0.5) is 0 Å². The lowest BCUT2D eigenvalue weighted by atomic mass is 10.00. The summed E-state index contributed by atoms with van der Waals surface area (Å²) in [4.78, 5) is 8.97. The van der Waals surface area contributed by atoms with E-state index in [1.807, 2.05) is 32.3 Å². The topological polar surface area (TPSA) is 37.8 Å². The molecule has 2 heterocycles. The van der Waals surface area contributed by atoms with Crippen molar-refractivity contribution in [3.05, 3.63) is 71.7 Å². The smallest absolute Gasteiger partial charge is 0.0705 e. The third kappa shape index (κ3) is 3.09. The molecular formula is C18H19N3. The van der Waals surface area contributed by atoms with E-state index in [-0.39, 0.29) is 6.04 Å². The van der Waals surface area contributed by atoms with Crippen LogP contribution in [0.15, 0.2) is 54.7 Å². The van der Waals surface area contributed by atoms with Crippen molar-refractivity contribution in [2.24, 2.45) is 0 Å². The number of nitrogens with one attached hydrogen (secondary N) is 1. The molecule has 0 fully saturated rings. The predicted octanol–water partition coefficient (Wildman–Crippen LogP) is 3.44. The molecule has 3 heteroatoms. The second-order valence-corrected chi connectivity index (χ2v) is 5.27. The molecule has 0 bridgehead atoms. The fourth-order valence-electron chi connectivity index (χ4n) is 2.58. The van der Waals surface area contributed by atoms with Gasteiger partial charge in [0.25, 0.3) is 0 Å². The van der Waals surface area contributed by atoms with Crippen LogP contribution in [0.1, 0.15) is 23.0 Å². The molecule has 0 aliphatic heterocycles. The number of rotatable bonds is 4. The van der Waals surface area contributed by atoms with Crippen LogP contribution in [-0.4, -0.2) is 17.0 Å². The van der Waals surface area contributed by atoms with Crippen LogP contribution in [0, 0.1) is 6.92 Å². The highest BCUT2D eigenvalue weighted by Crippen LogP contribution is 2.22. The van der Waals surface area contributed by atoms with Crippen molar-refractivity contribution in [2.75, 3.05) is 7.05 Å². The Morgan fingerprint density at radius 2 is 2.00 bits per heavy atom. The summed E-state index contributed by atoms with van der Waals surface area (Å²) in [5, 5.41) is 4.56. The lowest BCUT2D eigenvalue weighted by molar-refractivity contribution is 0.585. The van der Waals surface area contributed by atoms with Crippen LogP contribution in [0.5, 0.6) is 0 Å². The SMILES string of the molecule is CNC(Cc1ccccn1)c1ccc2nc(C)ccc2c1. The minimum Gasteiger partial charge on any atom is -0.313 e. The highest BCUT2D eigenvalue weighted by molar-refractivity contribution is 5.79. The average Bonchev–Trinajstić information content (AvgIpc) is 2.53. The Bertz CT molecular complexity index is 738. The number of aromatic nitrogens is 2. The van der Waals surface area contributed by atoms with Gasteiger partial charge in [-0.15, -0.1) is 0 Å². The first-order valence-electron chi connectivity index (χ1n) is 7.21. The normalized spacial score (nSPS) is 12.5. The maximum Gasteiger partial charge on any atom is 0.0705 e. The average molecular weight is 277 g/mol. The molecule has 0 aliphatic carbocycles. The van der Waals surface area contributed by atoms with Gasteiger partial charge in [0.15, 0.2) is 0 Å². The van der Waals surface area contributed by atoms with E-state index in [1.54, 1.807) is 0 Å². The molecule has 0 saturated heterocycles. The summed E-state index contributed by atoms with van der Waals surface area (Å²) >= 11 is 0. The maximum absolute atomic E-state index is 4.55.